The van der Waals surface area contributed by atoms with Gasteiger partial charge in [0.2, 0.25) is 5.91 Å². The van der Waals surface area contributed by atoms with E-state index in [9.17, 15) is 4.79 Å². The fourth-order valence-corrected chi connectivity index (χ4v) is 2.26. The van der Waals surface area contributed by atoms with Crippen LogP contribution in [0.5, 0.6) is 0 Å². The van der Waals surface area contributed by atoms with Crippen molar-refractivity contribution in [3.05, 3.63) is 72.9 Å². The smallest absolute Gasteiger partial charge is 0.220 e. The Hall–Kier alpha value is -2.13. The molecular weight excluding hydrogens is 344 g/mol. The zero-order valence-electron chi connectivity index (χ0n) is 17.9. The number of hydrogen-bond donors (Lipinski definition) is 2. The van der Waals surface area contributed by atoms with Crippen molar-refractivity contribution in [1.82, 2.24) is 5.32 Å². The number of carbonyl (C=O) groups is 1. The van der Waals surface area contributed by atoms with Crippen molar-refractivity contribution in [3.63, 3.8) is 0 Å². The zero-order valence-corrected chi connectivity index (χ0v) is 17.9. The molecule has 0 saturated carbocycles. The highest BCUT2D eigenvalue weighted by molar-refractivity contribution is 5.76. The van der Waals surface area contributed by atoms with Gasteiger partial charge in [-0.25, -0.2) is 0 Å². The molecule has 0 radical (unpaired) electrons. The van der Waals surface area contributed by atoms with E-state index in [1.807, 2.05) is 6.92 Å². The Kier molecular flexibility index (Phi) is 19.6. The van der Waals surface area contributed by atoms with Crippen molar-refractivity contribution < 1.29 is 4.79 Å². The van der Waals surface area contributed by atoms with Gasteiger partial charge in [-0.05, 0) is 51.9 Å². The second-order valence-electron chi connectivity index (χ2n) is 6.66. The van der Waals surface area contributed by atoms with Gasteiger partial charge in [-0.15, -0.1) is 0 Å². The SMILES string of the molecule is CC/C=C\C/C=C\C/C=C\C/C=C\C/C=C\C/C=C\CCC(=O)NC(C)CN. The Bertz CT molecular complexity index is 539. The van der Waals surface area contributed by atoms with E-state index in [4.69, 9.17) is 5.73 Å². The van der Waals surface area contributed by atoms with Crippen molar-refractivity contribution in [3.8, 4) is 0 Å². The summed E-state index contributed by atoms with van der Waals surface area (Å²) in [5.74, 6) is 0.0671. The molecule has 1 amide bonds. The summed E-state index contributed by atoms with van der Waals surface area (Å²) in [7, 11) is 0. The molecule has 0 aromatic heterocycles. The third kappa shape index (κ3) is 20.2. The Balaban J connectivity index is 3.59. The van der Waals surface area contributed by atoms with E-state index in [0.29, 0.717) is 13.0 Å². The van der Waals surface area contributed by atoms with Crippen LogP contribution in [0.3, 0.4) is 0 Å². The number of nitrogens with one attached hydrogen (secondary N) is 1. The average molecular weight is 385 g/mol. The molecule has 0 aromatic carbocycles. The molecule has 0 rings (SSSR count). The fraction of sp³-hybridized carbons (Fsp3) is 0.480. The van der Waals surface area contributed by atoms with Gasteiger partial charge >= 0.3 is 0 Å². The molecule has 0 aliphatic heterocycles. The van der Waals surface area contributed by atoms with E-state index in [1.165, 1.54) is 0 Å². The summed E-state index contributed by atoms with van der Waals surface area (Å²) in [5, 5.41) is 2.86. The highest BCUT2D eigenvalue weighted by atomic mass is 16.1. The standard InChI is InChI=1S/C25H40N2O/c1-3-4-5-6-7-8-9-10-11-12-13-14-15-16-17-18-19-20-21-22-25(28)27-24(2)23-26/h4-5,7-8,10-11,13-14,16-17,19-20,24H,3,6,9,12,15,18,21-23,26H2,1-2H3,(H,27,28)/b5-4-,8-7-,11-10-,14-13-,17-16-,20-19-. The molecule has 1 unspecified atom stereocenters. The Labute approximate surface area is 172 Å². The molecule has 3 N–H and O–H groups in total. The van der Waals surface area contributed by atoms with Gasteiger partial charge in [-0.3, -0.25) is 4.79 Å². The van der Waals surface area contributed by atoms with E-state index in [0.717, 1.165) is 44.9 Å². The summed E-state index contributed by atoms with van der Waals surface area (Å²) < 4.78 is 0. The third-order valence-electron chi connectivity index (χ3n) is 3.90. The number of amides is 1. The molecular formula is C25H40N2O. The minimum absolute atomic E-state index is 0.0535. The van der Waals surface area contributed by atoms with Crippen LogP contribution >= 0.6 is 0 Å². The number of allylic oxidation sites excluding steroid dienone is 12. The van der Waals surface area contributed by atoms with Gasteiger partial charge in [0.25, 0.3) is 0 Å². The summed E-state index contributed by atoms with van der Waals surface area (Å²) in [6.07, 6.45) is 33.4. The molecule has 0 saturated heterocycles. The largest absolute Gasteiger partial charge is 0.352 e. The second kappa shape index (κ2) is 21.2. The maximum absolute atomic E-state index is 11.6. The number of carbonyl (C=O) groups excluding carboxylic acids is 1. The second-order valence-corrected chi connectivity index (χ2v) is 6.66. The van der Waals surface area contributed by atoms with Crippen molar-refractivity contribution in [2.75, 3.05) is 6.54 Å². The summed E-state index contributed by atoms with van der Waals surface area (Å²) in [5.41, 5.74) is 5.47. The monoisotopic (exact) mass is 384 g/mol. The molecule has 3 heteroatoms. The first kappa shape index (κ1) is 25.9. The van der Waals surface area contributed by atoms with Gasteiger partial charge in [0.05, 0.1) is 0 Å². The zero-order chi connectivity index (χ0) is 20.7. The lowest BCUT2D eigenvalue weighted by Gasteiger charge is -2.09. The summed E-state index contributed by atoms with van der Waals surface area (Å²) >= 11 is 0. The van der Waals surface area contributed by atoms with E-state index in [-0.39, 0.29) is 11.9 Å². The van der Waals surface area contributed by atoms with E-state index < -0.39 is 0 Å². The van der Waals surface area contributed by atoms with Crippen molar-refractivity contribution in [2.45, 2.75) is 71.3 Å². The quantitative estimate of drug-likeness (QED) is 0.324. The van der Waals surface area contributed by atoms with Crippen LogP contribution in [0.15, 0.2) is 72.9 Å². The van der Waals surface area contributed by atoms with Gasteiger partial charge in [-0.1, -0.05) is 79.8 Å². The Morgan fingerprint density at radius 2 is 1.14 bits per heavy atom. The van der Waals surface area contributed by atoms with Crippen LogP contribution in [0.2, 0.25) is 0 Å². The summed E-state index contributed by atoms with van der Waals surface area (Å²) in [4.78, 5) is 11.6. The first-order chi connectivity index (χ1) is 13.7. The minimum atomic E-state index is 0.0535. The van der Waals surface area contributed by atoms with Crippen molar-refractivity contribution in [2.24, 2.45) is 5.73 Å². The first-order valence-electron chi connectivity index (χ1n) is 10.6. The lowest BCUT2D eigenvalue weighted by Crippen LogP contribution is -2.37. The van der Waals surface area contributed by atoms with Crippen LogP contribution in [0, 0.1) is 0 Å². The number of rotatable bonds is 16. The average Bonchev–Trinajstić information content (AvgIpc) is 2.69. The van der Waals surface area contributed by atoms with E-state index >= 15 is 0 Å². The topological polar surface area (TPSA) is 55.1 Å². The van der Waals surface area contributed by atoms with E-state index in [1.54, 1.807) is 0 Å². The molecule has 3 nitrogen and oxygen atoms in total. The summed E-state index contributed by atoms with van der Waals surface area (Å²) in [6, 6.07) is 0.0535. The molecule has 0 bridgehead atoms. The molecule has 156 valence electrons. The van der Waals surface area contributed by atoms with Crippen LogP contribution in [0.25, 0.3) is 0 Å². The molecule has 0 spiro atoms. The Morgan fingerprint density at radius 3 is 1.54 bits per heavy atom. The van der Waals surface area contributed by atoms with Crippen LogP contribution < -0.4 is 11.1 Å². The fourth-order valence-electron chi connectivity index (χ4n) is 2.26. The van der Waals surface area contributed by atoms with Gasteiger partial charge in [0.1, 0.15) is 0 Å². The molecule has 0 aromatic rings. The first-order valence-corrected chi connectivity index (χ1v) is 10.6. The highest BCUT2D eigenvalue weighted by Gasteiger charge is 2.03. The Morgan fingerprint density at radius 1 is 0.750 bits per heavy atom. The predicted molar refractivity (Wildman–Crippen MR) is 124 cm³/mol. The lowest BCUT2D eigenvalue weighted by atomic mass is 10.2. The molecule has 0 aliphatic rings. The molecule has 0 aliphatic carbocycles. The van der Waals surface area contributed by atoms with Crippen LogP contribution in [-0.2, 0) is 4.79 Å². The summed E-state index contributed by atoms with van der Waals surface area (Å²) in [6.45, 7) is 4.54. The van der Waals surface area contributed by atoms with Crippen molar-refractivity contribution in [1.29, 1.82) is 0 Å². The molecule has 0 fully saturated rings. The van der Waals surface area contributed by atoms with Crippen LogP contribution in [0.1, 0.15) is 65.2 Å². The predicted octanol–water partition coefficient (Wildman–Crippen LogP) is 5.93. The van der Waals surface area contributed by atoms with Gasteiger partial charge < -0.3 is 11.1 Å². The normalized spacial score (nSPS) is 14.0. The van der Waals surface area contributed by atoms with Crippen molar-refractivity contribution >= 4 is 5.91 Å². The lowest BCUT2D eigenvalue weighted by molar-refractivity contribution is -0.121. The van der Waals surface area contributed by atoms with Crippen LogP contribution in [-0.4, -0.2) is 18.5 Å². The third-order valence-corrected chi connectivity index (χ3v) is 3.90. The number of nitrogens with two attached hydrogens (primary N) is 1. The van der Waals surface area contributed by atoms with Gasteiger partial charge in [0, 0.05) is 19.0 Å². The van der Waals surface area contributed by atoms with E-state index in [2.05, 4.69) is 85.2 Å². The molecule has 1 atom stereocenters. The molecule has 28 heavy (non-hydrogen) atoms. The molecule has 0 heterocycles. The van der Waals surface area contributed by atoms with Gasteiger partial charge in [0.15, 0.2) is 0 Å². The minimum Gasteiger partial charge on any atom is -0.352 e. The number of hydrogen-bond acceptors (Lipinski definition) is 2. The van der Waals surface area contributed by atoms with Crippen LogP contribution in [0.4, 0.5) is 0 Å². The maximum atomic E-state index is 11.6. The highest BCUT2D eigenvalue weighted by Crippen LogP contribution is 1.98. The maximum Gasteiger partial charge on any atom is 0.220 e. The van der Waals surface area contributed by atoms with Gasteiger partial charge in [-0.2, -0.15) is 0 Å².